The van der Waals surface area contributed by atoms with E-state index in [1.54, 1.807) is 24.3 Å². The highest BCUT2D eigenvalue weighted by molar-refractivity contribution is 8.23. The van der Waals surface area contributed by atoms with Crippen LogP contribution in [-0.4, -0.2) is 45.2 Å². The maximum absolute atomic E-state index is 12.6. The smallest absolute Gasteiger partial charge is 0.250 e. The molecule has 29 heavy (non-hydrogen) atoms. The largest absolute Gasteiger partial charge is 0.454 e. The van der Waals surface area contributed by atoms with E-state index in [4.69, 9.17) is 21.7 Å². The van der Waals surface area contributed by atoms with Gasteiger partial charge in [-0.05, 0) is 36.6 Å². The molecule has 0 N–H and O–H groups in total. The topological polar surface area (TPSA) is 60.8 Å². The molecule has 1 aromatic heterocycles. The second-order valence-corrected chi connectivity index (χ2v) is 9.26. The minimum atomic E-state index is 0.0183. The van der Waals surface area contributed by atoms with E-state index in [9.17, 15) is 9.59 Å². The highest BCUT2D eigenvalue weighted by atomic mass is 32.2. The molecule has 6 nitrogen and oxygen atoms in total. The average molecular weight is 429 g/mol. The van der Waals surface area contributed by atoms with Gasteiger partial charge >= 0.3 is 0 Å². The molecule has 1 aromatic carbocycles. The van der Waals surface area contributed by atoms with Gasteiger partial charge in [-0.1, -0.05) is 30.0 Å². The van der Waals surface area contributed by atoms with E-state index in [0.717, 1.165) is 36.1 Å². The summed E-state index contributed by atoms with van der Waals surface area (Å²) in [5.74, 6) is 2.30. The molecule has 0 saturated carbocycles. The third-order valence-electron chi connectivity index (χ3n) is 5.76. The molecule has 2 bridgehead atoms. The van der Waals surface area contributed by atoms with E-state index < -0.39 is 0 Å². The van der Waals surface area contributed by atoms with Crippen LogP contribution in [0.4, 0.5) is 0 Å². The van der Waals surface area contributed by atoms with Crippen LogP contribution < -0.4 is 15.0 Å². The SMILES string of the molecule is O=C(CSC(=S)N1C[C@H]2C[C@@H](C1)c1cccc(=O)n1C2)c1ccc2c(c1)OCO2. The van der Waals surface area contributed by atoms with Crippen LogP contribution in [0.5, 0.6) is 11.5 Å². The highest BCUT2D eigenvalue weighted by Gasteiger charge is 2.35. The van der Waals surface area contributed by atoms with Crippen LogP contribution in [-0.2, 0) is 6.54 Å². The molecule has 4 heterocycles. The number of pyridine rings is 1. The molecule has 8 heteroatoms. The Morgan fingerprint density at radius 2 is 2.00 bits per heavy atom. The fourth-order valence-corrected chi connectivity index (χ4v) is 5.50. The van der Waals surface area contributed by atoms with Crippen molar-refractivity contribution in [2.75, 3.05) is 25.6 Å². The summed E-state index contributed by atoms with van der Waals surface area (Å²) in [6, 6.07) is 10.8. The standard InChI is InChI=1S/C21H20N2O4S2/c24-17(14-4-5-18-19(7-14)27-12-26-18)11-29-21(28)22-8-13-6-15(10-22)16-2-1-3-20(25)23(16)9-13/h1-5,7,13,15H,6,8-12H2/t13-,15+/m1/s1. The summed E-state index contributed by atoms with van der Waals surface area (Å²) in [4.78, 5) is 27.0. The normalized spacial score (nSPS) is 21.6. The first-order valence-electron chi connectivity index (χ1n) is 9.63. The Morgan fingerprint density at radius 3 is 2.90 bits per heavy atom. The van der Waals surface area contributed by atoms with Crippen molar-refractivity contribution in [2.24, 2.45) is 5.92 Å². The Hall–Kier alpha value is -2.32. The molecule has 3 aliphatic rings. The van der Waals surface area contributed by atoms with Crippen LogP contribution >= 0.6 is 24.0 Å². The number of carbonyl (C=O) groups is 1. The van der Waals surface area contributed by atoms with Gasteiger partial charge in [0.15, 0.2) is 17.3 Å². The van der Waals surface area contributed by atoms with Crippen LogP contribution in [0.3, 0.4) is 0 Å². The summed E-state index contributed by atoms with van der Waals surface area (Å²) < 4.78 is 13.3. The van der Waals surface area contributed by atoms with Crippen LogP contribution in [0.25, 0.3) is 0 Å². The van der Waals surface area contributed by atoms with Gasteiger partial charge < -0.3 is 18.9 Å². The monoisotopic (exact) mass is 428 g/mol. The van der Waals surface area contributed by atoms with Crippen molar-refractivity contribution in [1.82, 2.24) is 9.47 Å². The number of Topliss-reactive ketones (excluding diaryl/α,β-unsaturated/α-hetero) is 1. The quantitative estimate of drug-likeness (QED) is 0.550. The summed E-state index contributed by atoms with van der Waals surface area (Å²) in [7, 11) is 0. The summed E-state index contributed by atoms with van der Waals surface area (Å²) in [5.41, 5.74) is 1.79. The number of aromatic nitrogens is 1. The number of piperidine rings is 1. The Labute approximate surface area is 177 Å². The van der Waals surface area contributed by atoms with Gasteiger partial charge in [0.25, 0.3) is 5.56 Å². The molecule has 2 aromatic rings. The fourth-order valence-electron chi connectivity index (χ4n) is 4.42. The van der Waals surface area contributed by atoms with Crippen molar-refractivity contribution in [3.8, 4) is 11.5 Å². The van der Waals surface area contributed by atoms with Crippen LogP contribution in [0.15, 0.2) is 41.2 Å². The number of ketones is 1. The molecule has 5 rings (SSSR count). The minimum Gasteiger partial charge on any atom is -0.454 e. The van der Waals surface area contributed by atoms with Gasteiger partial charge in [0, 0.05) is 42.9 Å². The maximum atomic E-state index is 12.6. The first-order chi connectivity index (χ1) is 14.1. The van der Waals surface area contributed by atoms with Gasteiger partial charge in [0.1, 0.15) is 4.32 Å². The predicted octanol–water partition coefficient (Wildman–Crippen LogP) is 2.90. The van der Waals surface area contributed by atoms with Gasteiger partial charge in [-0.2, -0.15) is 0 Å². The summed E-state index contributed by atoms with van der Waals surface area (Å²) in [5, 5.41) is 0. The maximum Gasteiger partial charge on any atom is 0.250 e. The Balaban J connectivity index is 1.23. The number of hydrogen-bond acceptors (Lipinski definition) is 6. The van der Waals surface area contributed by atoms with Crippen molar-refractivity contribution < 1.29 is 14.3 Å². The number of thiocarbonyl (C=S) groups is 1. The van der Waals surface area contributed by atoms with E-state index in [2.05, 4.69) is 4.90 Å². The minimum absolute atomic E-state index is 0.0183. The average Bonchev–Trinajstić information content (AvgIpc) is 3.20. The van der Waals surface area contributed by atoms with Crippen LogP contribution in [0.2, 0.25) is 0 Å². The summed E-state index contributed by atoms with van der Waals surface area (Å²) >= 11 is 7.06. The molecular weight excluding hydrogens is 408 g/mol. The second kappa shape index (κ2) is 7.50. The Kier molecular flexibility index (Phi) is 4.83. The highest BCUT2D eigenvalue weighted by Crippen LogP contribution is 2.36. The van der Waals surface area contributed by atoms with Crippen molar-refractivity contribution >= 4 is 34.1 Å². The molecule has 0 amide bonds. The van der Waals surface area contributed by atoms with E-state index in [1.165, 1.54) is 11.8 Å². The van der Waals surface area contributed by atoms with Gasteiger partial charge in [-0.15, -0.1) is 0 Å². The number of benzene rings is 1. The lowest BCUT2D eigenvalue weighted by Crippen LogP contribution is -2.48. The third kappa shape index (κ3) is 3.55. The first-order valence-corrected chi connectivity index (χ1v) is 11.0. The molecule has 2 atom stereocenters. The lowest BCUT2D eigenvalue weighted by atomic mass is 9.83. The zero-order valence-corrected chi connectivity index (χ0v) is 17.3. The number of likely N-dealkylation sites (tertiary alicyclic amines) is 1. The van der Waals surface area contributed by atoms with Gasteiger partial charge in [-0.3, -0.25) is 9.59 Å². The van der Waals surface area contributed by atoms with E-state index in [0.29, 0.717) is 34.7 Å². The lowest BCUT2D eigenvalue weighted by Gasteiger charge is -2.43. The molecule has 0 spiro atoms. The van der Waals surface area contributed by atoms with Crippen molar-refractivity contribution in [2.45, 2.75) is 18.9 Å². The molecular formula is C21H20N2O4S2. The van der Waals surface area contributed by atoms with E-state index in [1.807, 2.05) is 16.7 Å². The van der Waals surface area contributed by atoms with E-state index in [-0.39, 0.29) is 18.1 Å². The number of thioether (sulfide) groups is 1. The van der Waals surface area contributed by atoms with Crippen LogP contribution in [0.1, 0.15) is 28.4 Å². The predicted molar refractivity (Wildman–Crippen MR) is 115 cm³/mol. The molecule has 1 saturated heterocycles. The van der Waals surface area contributed by atoms with Crippen molar-refractivity contribution in [3.05, 3.63) is 58.0 Å². The first kappa shape index (κ1) is 18.7. The van der Waals surface area contributed by atoms with Crippen LogP contribution in [0, 0.1) is 5.92 Å². The Bertz CT molecular complexity index is 1050. The molecule has 150 valence electrons. The molecule has 1 fully saturated rings. The lowest BCUT2D eigenvalue weighted by molar-refractivity contribution is 0.102. The second-order valence-electron chi connectivity index (χ2n) is 7.65. The number of carbonyl (C=O) groups excluding carboxylic acids is 1. The molecule has 0 radical (unpaired) electrons. The third-order valence-corrected chi connectivity index (χ3v) is 7.28. The fraction of sp³-hybridized carbons (Fsp3) is 0.381. The number of fused-ring (bicyclic) bond motifs is 5. The van der Waals surface area contributed by atoms with Crippen molar-refractivity contribution in [1.29, 1.82) is 0 Å². The van der Waals surface area contributed by atoms with Gasteiger partial charge in [0.2, 0.25) is 6.79 Å². The number of nitrogens with zero attached hydrogens (tertiary/aromatic N) is 2. The number of ether oxygens (including phenoxy) is 2. The number of hydrogen-bond donors (Lipinski definition) is 0. The molecule has 3 aliphatic heterocycles. The zero-order chi connectivity index (χ0) is 20.0. The summed E-state index contributed by atoms with van der Waals surface area (Å²) in [6.07, 6.45) is 1.09. The van der Waals surface area contributed by atoms with Crippen molar-refractivity contribution in [3.63, 3.8) is 0 Å². The number of rotatable bonds is 3. The van der Waals surface area contributed by atoms with E-state index >= 15 is 0 Å². The zero-order valence-electron chi connectivity index (χ0n) is 15.7. The molecule has 0 unspecified atom stereocenters. The summed E-state index contributed by atoms with van der Waals surface area (Å²) in [6.45, 7) is 2.56. The van der Waals surface area contributed by atoms with Gasteiger partial charge in [-0.25, -0.2) is 0 Å². The van der Waals surface area contributed by atoms with Gasteiger partial charge in [0.05, 0.1) is 5.75 Å². The molecule has 0 aliphatic carbocycles. The Morgan fingerprint density at radius 1 is 1.14 bits per heavy atom.